The van der Waals surface area contributed by atoms with Gasteiger partial charge in [0.05, 0.1) is 17.7 Å². The van der Waals surface area contributed by atoms with Gasteiger partial charge in [-0.2, -0.15) is 4.68 Å². The van der Waals surface area contributed by atoms with E-state index >= 15 is 0 Å². The molecule has 6 nitrogen and oxygen atoms in total. The van der Waals surface area contributed by atoms with E-state index in [1.54, 1.807) is 23.3 Å². The minimum Gasteiger partial charge on any atom is -0.304 e. The number of tetrazole rings is 1. The van der Waals surface area contributed by atoms with E-state index in [2.05, 4.69) is 20.5 Å². The normalized spacial score (nSPS) is 10.6. The van der Waals surface area contributed by atoms with E-state index in [-0.39, 0.29) is 0 Å². The van der Waals surface area contributed by atoms with Gasteiger partial charge in [0.25, 0.3) is 0 Å². The molecular formula is C10H7ClN6. The quantitative estimate of drug-likeness (QED) is 0.688. The maximum absolute atomic E-state index is 5.99. The summed E-state index contributed by atoms with van der Waals surface area (Å²) < 4.78 is 3.43. The molecule has 0 radical (unpaired) electrons. The van der Waals surface area contributed by atoms with E-state index in [4.69, 9.17) is 11.6 Å². The van der Waals surface area contributed by atoms with Crippen LogP contribution in [0.3, 0.4) is 0 Å². The van der Waals surface area contributed by atoms with Crippen molar-refractivity contribution in [2.45, 2.75) is 0 Å². The summed E-state index contributed by atoms with van der Waals surface area (Å²) >= 11 is 5.99. The number of hydrogen-bond donors (Lipinski definition) is 0. The van der Waals surface area contributed by atoms with Gasteiger partial charge in [-0.15, -0.1) is 5.10 Å². The molecule has 84 valence electrons. The predicted molar refractivity (Wildman–Crippen MR) is 61.3 cm³/mol. The third kappa shape index (κ3) is 1.78. The monoisotopic (exact) mass is 246 g/mol. The lowest BCUT2D eigenvalue weighted by Crippen LogP contribution is -2.02. The van der Waals surface area contributed by atoms with Crippen molar-refractivity contribution in [1.82, 2.24) is 29.8 Å². The summed E-state index contributed by atoms with van der Waals surface area (Å²) in [6, 6.07) is 5.50. The van der Waals surface area contributed by atoms with Gasteiger partial charge in [0.2, 0.25) is 0 Å². The van der Waals surface area contributed by atoms with E-state index in [1.807, 2.05) is 22.9 Å². The molecule has 3 rings (SSSR count). The SMILES string of the molecule is Clc1ccc(-n2ccnc2)c(-n2cnnn2)c1. The molecule has 0 bridgehead atoms. The third-order valence-corrected chi connectivity index (χ3v) is 2.55. The average molecular weight is 247 g/mol. The zero-order valence-corrected chi connectivity index (χ0v) is 9.36. The van der Waals surface area contributed by atoms with Crippen LogP contribution in [-0.2, 0) is 0 Å². The Bertz CT molecular complexity index is 616. The van der Waals surface area contributed by atoms with Crippen LogP contribution in [0.2, 0.25) is 5.02 Å². The molecule has 0 saturated carbocycles. The average Bonchev–Trinajstić information content (AvgIpc) is 3.02. The Morgan fingerprint density at radius 1 is 1.12 bits per heavy atom. The number of imidazole rings is 1. The standard InChI is InChI=1S/C10H7ClN6/c11-8-1-2-9(16-4-3-12-6-16)10(5-8)17-7-13-14-15-17/h1-7H. The van der Waals surface area contributed by atoms with Crippen molar-refractivity contribution in [1.29, 1.82) is 0 Å². The number of aromatic nitrogens is 6. The number of nitrogens with zero attached hydrogens (tertiary/aromatic N) is 6. The maximum Gasteiger partial charge on any atom is 0.143 e. The van der Waals surface area contributed by atoms with Crippen LogP contribution in [0.5, 0.6) is 0 Å². The zero-order chi connectivity index (χ0) is 11.7. The lowest BCUT2D eigenvalue weighted by molar-refractivity contribution is 0.783. The lowest BCUT2D eigenvalue weighted by atomic mass is 10.2. The molecule has 0 aliphatic rings. The molecule has 17 heavy (non-hydrogen) atoms. The molecule has 0 atom stereocenters. The highest BCUT2D eigenvalue weighted by Crippen LogP contribution is 2.22. The van der Waals surface area contributed by atoms with Crippen molar-refractivity contribution in [2.24, 2.45) is 0 Å². The fraction of sp³-hybridized carbons (Fsp3) is 0. The van der Waals surface area contributed by atoms with Gasteiger partial charge in [-0.3, -0.25) is 0 Å². The van der Waals surface area contributed by atoms with Gasteiger partial charge >= 0.3 is 0 Å². The van der Waals surface area contributed by atoms with Crippen LogP contribution in [0.4, 0.5) is 0 Å². The molecule has 0 amide bonds. The summed E-state index contributed by atoms with van der Waals surface area (Å²) in [5.74, 6) is 0. The third-order valence-electron chi connectivity index (χ3n) is 2.32. The van der Waals surface area contributed by atoms with E-state index in [0.29, 0.717) is 5.02 Å². The molecule has 0 fully saturated rings. The molecule has 0 unspecified atom stereocenters. The number of hydrogen-bond acceptors (Lipinski definition) is 4. The fourth-order valence-electron chi connectivity index (χ4n) is 1.57. The molecular weight excluding hydrogens is 240 g/mol. The first-order valence-corrected chi connectivity index (χ1v) is 5.23. The molecule has 0 saturated heterocycles. The highest BCUT2D eigenvalue weighted by molar-refractivity contribution is 6.30. The minimum absolute atomic E-state index is 0.624. The number of rotatable bonds is 2. The summed E-state index contributed by atoms with van der Waals surface area (Å²) in [6.07, 6.45) is 6.78. The van der Waals surface area contributed by atoms with E-state index in [0.717, 1.165) is 11.4 Å². The Labute approximate surface area is 101 Å². The van der Waals surface area contributed by atoms with E-state index in [9.17, 15) is 0 Å². The maximum atomic E-state index is 5.99. The van der Waals surface area contributed by atoms with Gasteiger partial charge in [0.15, 0.2) is 0 Å². The summed E-state index contributed by atoms with van der Waals surface area (Å²) in [4.78, 5) is 4.01. The van der Waals surface area contributed by atoms with Crippen LogP contribution in [-0.4, -0.2) is 29.8 Å². The molecule has 3 aromatic rings. The van der Waals surface area contributed by atoms with Gasteiger partial charge < -0.3 is 4.57 Å². The first-order valence-electron chi connectivity index (χ1n) is 4.86. The number of benzene rings is 1. The topological polar surface area (TPSA) is 61.4 Å². The summed E-state index contributed by atoms with van der Waals surface area (Å²) in [5, 5.41) is 11.7. The molecule has 0 aliphatic carbocycles. The number of halogens is 1. The molecule has 2 aromatic heterocycles. The van der Waals surface area contributed by atoms with Crippen molar-refractivity contribution in [3.8, 4) is 11.4 Å². The van der Waals surface area contributed by atoms with E-state index < -0.39 is 0 Å². The van der Waals surface area contributed by atoms with Gasteiger partial charge in [-0.25, -0.2) is 4.98 Å². The Hall–Kier alpha value is -2.21. The van der Waals surface area contributed by atoms with Crippen LogP contribution < -0.4 is 0 Å². The first-order chi connectivity index (χ1) is 8.34. The van der Waals surface area contributed by atoms with E-state index in [1.165, 1.54) is 6.33 Å². The highest BCUT2D eigenvalue weighted by Gasteiger charge is 2.08. The Morgan fingerprint density at radius 2 is 2.06 bits per heavy atom. The van der Waals surface area contributed by atoms with Gasteiger partial charge in [-0.05, 0) is 28.6 Å². The molecule has 1 aromatic carbocycles. The second-order valence-electron chi connectivity index (χ2n) is 3.36. The first kappa shape index (κ1) is 9.98. The molecule has 7 heteroatoms. The van der Waals surface area contributed by atoms with Crippen LogP contribution in [0.25, 0.3) is 11.4 Å². The van der Waals surface area contributed by atoms with Crippen molar-refractivity contribution in [3.05, 3.63) is 48.3 Å². The van der Waals surface area contributed by atoms with Gasteiger partial charge in [0, 0.05) is 17.4 Å². The van der Waals surface area contributed by atoms with Crippen LogP contribution in [0.1, 0.15) is 0 Å². The Balaban J connectivity index is 2.22. The predicted octanol–water partition coefficient (Wildman–Crippen LogP) is 1.50. The minimum atomic E-state index is 0.624. The fourth-order valence-corrected chi connectivity index (χ4v) is 1.74. The van der Waals surface area contributed by atoms with Crippen LogP contribution in [0.15, 0.2) is 43.2 Å². The van der Waals surface area contributed by atoms with Crippen LogP contribution in [0, 0.1) is 0 Å². The second kappa shape index (κ2) is 3.99. The largest absolute Gasteiger partial charge is 0.304 e. The van der Waals surface area contributed by atoms with Gasteiger partial charge in [0.1, 0.15) is 6.33 Å². The molecule has 0 N–H and O–H groups in total. The second-order valence-corrected chi connectivity index (χ2v) is 3.79. The molecule has 0 spiro atoms. The van der Waals surface area contributed by atoms with Crippen molar-refractivity contribution in [2.75, 3.05) is 0 Å². The summed E-state index contributed by atoms with van der Waals surface area (Å²) in [6.45, 7) is 0. The molecule has 0 aliphatic heterocycles. The Morgan fingerprint density at radius 3 is 2.76 bits per heavy atom. The zero-order valence-electron chi connectivity index (χ0n) is 8.60. The Kier molecular flexibility index (Phi) is 2.34. The van der Waals surface area contributed by atoms with Crippen molar-refractivity contribution in [3.63, 3.8) is 0 Å². The van der Waals surface area contributed by atoms with Crippen molar-refractivity contribution < 1.29 is 0 Å². The summed E-state index contributed by atoms with van der Waals surface area (Å²) in [7, 11) is 0. The summed E-state index contributed by atoms with van der Waals surface area (Å²) in [5.41, 5.74) is 1.69. The van der Waals surface area contributed by atoms with Gasteiger partial charge in [-0.1, -0.05) is 11.6 Å². The highest BCUT2D eigenvalue weighted by atomic mass is 35.5. The van der Waals surface area contributed by atoms with Crippen LogP contribution >= 0.6 is 11.6 Å². The van der Waals surface area contributed by atoms with Crippen molar-refractivity contribution >= 4 is 11.6 Å². The smallest absolute Gasteiger partial charge is 0.143 e. The molecule has 2 heterocycles. The lowest BCUT2D eigenvalue weighted by Gasteiger charge is -2.09.